The minimum Gasteiger partial charge on any atom is -0.396 e. The van der Waals surface area contributed by atoms with Gasteiger partial charge in [0.2, 0.25) is 0 Å². The topological polar surface area (TPSA) is 43.8 Å². The molecule has 1 aromatic rings. The maximum atomic E-state index is 12.5. The van der Waals surface area contributed by atoms with Gasteiger partial charge in [0.1, 0.15) is 6.54 Å². The third-order valence-electron chi connectivity index (χ3n) is 1.76. The predicted octanol–water partition coefficient (Wildman–Crippen LogP) is 1.97. The second kappa shape index (κ2) is 3.35. The molecule has 0 saturated heterocycles. The van der Waals surface area contributed by atoms with Crippen LogP contribution >= 0.6 is 0 Å². The Morgan fingerprint density at radius 1 is 1.33 bits per heavy atom. The number of hydrogen-bond acceptors (Lipinski definition) is 2. The first-order valence-corrected chi connectivity index (χ1v) is 3.87. The fraction of sp³-hybridized carbons (Fsp3) is 0.571. The quantitative estimate of drug-likeness (QED) is 0.788. The van der Waals surface area contributed by atoms with E-state index in [-0.39, 0.29) is 11.4 Å². The summed E-state index contributed by atoms with van der Waals surface area (Å²) < 4.78 is 61.0. The van der Waals surface area contributed by atoms with E-state index in [0.29, 0.717) is 4.68 Å². The molecule has 0 amide bonds. The highest BCUT2D eigenvalue weighted by molar-refractivity contribution is 5.39. The van der Waals surface area contributed by atoms with Crippen molar-refractivity contribution in [3.63, 3.8) is 0 Å². The number of aryl methyl sites for hydroxylation is 1. The van der Waals surface area contributed by atoms with E-state index in [9.17, 15) is 22.0 Å². The van der Waals surface area contributed by atoms with Crippen LogP contribution in [0.15, 0.2) is 6.20 Å². The molecule has 0 aliphatic rings. The molecule has 0 aliphatic heterocycles. The van der Waals surface area contributed by atoms with Gasteiger partial charge < -0.3 is 5.73 Å². The molecule has 15 heavy (non-hydrogen) atoms. The average molecular weight is 229 g/mol. The molecule has 86 valence electrons. The smallest absolute Gasteiger partial charge is 0.396 e. The first-order valence-electron chi connectivity index (χ1n) is 3.87. The molecule has 0 aromatic carbocycles. The number of nitrogen functional groups attached to an aromatic ring is 1. The Hall–Kier alpha value is -1.34. The molecular formula is C7H8F5N3. The number of aromatic nitrogens is 2. The SMILES string of the molecule is Cc1nn(CC(F)(F)C(F)(F)F)cc1N. The summed E-state index contributed by atoms with van der Waals surface area (Å²) in [4.78, 5) is 0. The van der Waals surface area contributed by atoms with E-state index < -0.39 is 18.6 Å². The number of alkyl halides is 5. The van der Waals surface area contributed by atoms with Crippen molar-refractivity contribution in [3.05, 3.63) is 11.9 Å². The molecule has 0 atom stereocenters. The number of halogens is 5. The van der Waals surface area contributed by atoms with Gasteiger partial charge in [-0.1, -0.05) is 0 Å². The average Bonchev–Trinajstić information content (AvgIpc) is 2.27. The lowest BCUT2D eigenvalue weighted by Gasteiger charge is -2.19. The third-order valence-corrected chi connectivity index (χ3v) is 1.76. The summed E-state index contributed by atoms with van der Waals surface area (Å²) in [7, 11) is 0. The molecule has 0 radical (unpaired) electrons. The summed E-state index contributed by atoms with van der Waals surface area (Å²) in [5.41, 5.74) is 5.55. The number of nitrogens with zero attached hydrogens (tertiary/aromatic N) is 2. The molecule has 3 nitrogen and oxygen atoms in total. The van der Waals surface area contributed by atoms with Crippen LogP contribution in [0, 0.1) is 6.92 Å². The van der Waals surface area contributed by atoms with Crippen molar-refractivity contribution < 1.29 is 22.0 Å². The first kappa shape index (κ1) is 11.7. The van der Waals surface area contributed by atoms with Gasteiger partial charge in [0, 0.05) is 6.20 Å². The highest BCUT2D eigenvalue weighted by atomic mass is 19.4. The van der Waals surface area contributed by atoms with Gasteiger partial charge in [0.15, 0.2) is 0 Å². The molecule has 0 fully saturated rings. The highest BCUT2D eigenvalue weighted by Gasteiger charge is 2.57. The number of rotatable bonds is 2. The zero-order chi connectivity index (χ0) is 11.9. The summed E-state index contributed by atoms with van der Waals surface area (Å²) in [5, 5.41) is 3.42. The molecule has 1 heterocycles. The van der Waals surface area contributed by atoms with Gasteiger partial charge >= 0.3 is 12.1 Å². The summed E-state index contributed by atoms with van der Waals surface area (Å²) in [5.74, 6) is -4.81. The van der Waals surface area contributed by atoms with Crippen LogP contribution in [0.5, 0.6) is 0 Å². The van der Waals surface area contributed by atoms with E-state index in [1.165, 1.54) is 6.92 Å². The van der Waals surface area contributed by atoms with Crippen molar-refractivity contribution in [1.82, 2.24) is 9.78 Å². The fourth-order valence-electron chi connectivity index (χ4n) is 0.907. The van der Waals surface area contributed by atoms with Crippen LogP contribution in [0.25, 0.3) is 0 Å². The van der Waals surface area contributed by atoms with Crippen LogP contribution in [0.1, 0.15) is 5.69 Å². The Labute approximate surface area is 81.7 Å². The van der Waals surface area contributed by atoms with Gasteiger partial charge in [-0.05, 0) is 6.92 Å². The van der Waals surface area contributed by atoms with Gasteiger partial charge in [0.25, 0.3) is 0 Å². The zero-order valence-corrected chi connectivity index (χ0v) is 7.65. The van der Waals surface area contributed by atoms with Crippen molar-refractivity contribution in [1.29, 1.82) is 0 Å². The summed E-state index contributed by atoms with van der Waals surface area (Å²) >= 11 is 0. The fourth-order valence-corrected chi connectivity index (χ4v) is 0.907. The van der Waals surface area contributed by atoms with E-state index >= 15 is 0 Å². The van der Waals surface area contributed by atoms with E-state index in [2.05, 4.69) is 5.10 Å². The Balaban J connectivity index is 2.86. The molecule has 2 N–H and O–H groups in total. The monoisotopic (exact) mass is 229 g/mol. The van der Waals surface area contributed by atoms with E-state index in [1.807, 2.05) is 0 Å². The van der Waals surface area contributed by atoms with Crippen molar-refractivity contribution in [3.8, 4) is 0 Å². The number of nitrogens with two attached hydrogens (primary N) is 1. The Morgan fingerprint density at radius 3 is 2.20 bits per heavy atom. The number of hydrogen-bond donors (Lipinski definition) is 1. The lowest BCUT2D eigenvalue weighted by Crippen LogP contribution is -2.40. The lowest BCUT2D eigenvalue weighted by molar-refractivity contribution is -0.287. The Kier molecular flexibility index (Phi) is 2.62. The van der Waals surface area contributed by atoms with Gasteiger partial charge in [0.05, 0.1) is 11.4 Å². The van der Waals surface area contributed by atoms with E-state index in [0.717, 1.165) is 6.20 Å². The molecule has 0 bridgehead atoms. The second-order valence-corrected chi connectivity index (χ2v) is 3.07. The second-order valence-electron chi connectivity index (χ2n) is 3.07. The van der Waals surface area contributed by atoms with Gasteiger partial charge in [-0.25, -0.2) is 0 Å². The van der Waals surface area contributed by atoms with E-state index in [1.54, 1.807) is 0 Å². The summed E-state index contributed by atoms with van der Waals surface area (Å²) in [6.45, 7) is -0.147. The molecule has 1 aromatic heterocycles. The third kappa shape index (κ3) is 2.37. The normalized spacial score (nSPS) is 13.2. The van der Waals surface area contributed by atoms with Crippen LogP contribution in [0.3, 0.4) is 0 Å². The predicted molar refractivity (Wildman–Crippen MR) is 42.4 cm³/mol. The molecule has 1 rings (SSSR count). The molecule has 0 unspecified atom stereocenters. The highest BCUT2D eigenvalue weighted by Crippen LogP contribution is 2.36. The molecular weight excluding hydrogens is 221 g/mol. The van der Waals surface area contributed by atoms with Crippen LogP contribution in [-0.2, 0) is 6.54 Å². The van der Waals surface area contributed by atoms with Crippen LogP contribution in [-0.4, -0.2) is 21.9 Å². The van der Waals surface area contributed by atoms with E-state index in [4.69, 9.17) is 5.73 Å². The van der Waals surface area contributed by atoms with Crippen LogP contribution < -0.4 is 5.73 Å². The van der Waals surface area contributed by atoms with Crippen molar-refractivity contribution >= 4 is 5.69 Å². The lowest BCUT2D eigenvalue weighted by atomic mass is 10.3. The standard InChI is InChI=1S/C7H8F5N3/c1-4-5(13)2-15(14-4)3-6(8,9)7(10,11)12/h2H,3,13H2,1H3. The Morgan fingerprint density at radius 2 is 1.87 bits per heavy atom. The Bertz CT molecular complexity index is 334. The summed E-state index contributed by atoms with van der Waals surface area (Å²) in [6, 6.07) is 0. The molecule has 0 spiro atoms. The minimum atomic E-state index is -5.58. The van der Waals surface area contributed by atoms with Crippen molar-refractivity contribution in [2.75, 3.05) is 5.73 Å². The molecule has 0 saturated carbocycles. The maximum absolute atomic E-state index is 12.5. The van der Waals surface area contributed by atoms with Gasteiger partial charge in [-0.2, -0.15) is 27.1 Å². The zero-order valence-electron chi connectivity index (χ0n) is 7.65. The largest absolute Gasteiger partial charge is 0.455 e. The van der Waals surface area contributed by atoms with Crippen molar-refractivity contribution in [2.24, 2.45) is 0 Å². The molecule has 8 heteroatoms. The van der Waals surface area contributed by atoms with Gasteiger partial charge in [-0.15, -0.1) is 0 Å². The minimum absolute atomic E-state index is 0.0768. The number of anilines is 1. The van der Waals surface area contributed by atoms with Crippen molar-refractivity contribution in [2.45, 2.75) is 25.6 Å². The first-order chi connectivity index (χ1) is 6.63. The van der Waals surface area contributed by atoms with Crippen LogP contribution in [0.4, 0.5) is 27.6 Å². The molecule has 0 aliphatic carbocycles. The van der Waals surface area contributed by atoms with Gasteiger partial charge in [-0.3, -0.25) is 4.68 Å². The summed E-state index contributed by atoms with van der Waals surface area (Å²) in [6.07, 6.45) is -4.64. The maximum Gasteiger partial charge on any atom is 0.455 e. The van der Waals surface area contributed by atoms with Crippen LogP contribution in [0.2, 0.25) is 0 Å².